The molecule has 0 heterocycles. The second-order valence-corrected chi connectivity index (χ2v) is 10.2. The summed E-state index contributed by atoms with van der Waals surface area (Å²) in [7, 11) is -3.16. The molecule has 2 N–H and O–H groups in total. The Hall–Kier alpha value is -2.70. The number of carbonyl (C=O) groups excluding carboxylic acids is 1. The van der Waals surface area contributed by atoms with Crippen LogP contribution in [0.15, 0.2) is 75.8 Å². The third-order valence-electron chi connectivity index (χ3n) is 5.69. The van der Waals surface area contributed by atoms with E-state index < -0.39 is 21.8 Å². The summed E-state index contributed by atoms with van der Waals surface area (Å²) in [6, 6.07) is 15.4. The van der Waals surface area contributed by atoms with Crippen molar-refractivity contribution in [1.82, 2.24) is 0 Å². The number of nitrogens with zero attached hydrogens (tertiary/aromatic N) is 2. The molecule has 0 aliphatic heterocycles. The van der Waals surface area contributed by atoms with Crippen molar-refractivity contribution < 1.29 is 57.2 Å². The SMILES string of the molecule is CCc1cc(Cl)c(N=Nc2c([O-])c(C(=O)Nc3cccc(Cl)c3OC)cc3ccccc23)cc1S(=O)(=O)O.[Na+]. The van der Waals surface area contributed by atoms with E-state index in [2.05, 4.69) is 15.5 Å². The molecule has 4 aromatic rings. The van der Waals surface area contributed by atoms with Gasteiger partial charge in [-0.25, -0.2) is 0 Å². The molecule has 13 heteroatoms. The quantitative estimate of drug-likeness (QED) is 0.189. The zero-order valence-electron chi connectivity index (χ0n) is 21.0. The third kappa shape index (κ3) is 6.55. The van der Waals surface area contributed by atoms with E-state index in [1.165, 1.54) is 19.2 Å². The van der Waals surface area contributed by atoms with E-state index in [0.717, 1.165) is 6.07 Å². The summed E-state index contributed by atoms with van der Waals surface area (Å²) in [6.07, 6.45) is 0.288. The average molecular weight is 596 g/mol. The van der Waals surface area contributed by atoms with Crippen LogP contribution in [0.1, 0.15) is 22.8 Å². The van der Waals surface area contributed by atoms with Gasteiger partial charge in [0.2, 0.25) is 0 Å². The first-order chi connectivity index (χ1) is 18.0. The number of rotatable bonds is 7. The summed E-state index contributed by atoms with van der Waals surface area (Å²) >= 11 is 12.4. The van der Waals surface area contributed by atoms with Gasteiger partial charge in [0.25, 0.3) is 16.0 Å². The number of nitrogens with one attached hydrogen (secondary N) is 1. The monoisotopic (exact) mass is 595 g/mol. The first-order valence-corrected chi connectivity index (χ1v) is 13.3. The average Bonchev–Trinajstić information content (AvgIpc) is 2.87. The molecule has 4 rings (SSSR count). The van der Waals surface area contributed by atoms with E-state index in [1.54, 1.807) is 49.4 Å². The minimum Gasteiger partial charge on any atom is -0.870 e. The number of azo groups is 1. The molecule has 0 saturated carbocycles. The van der Waals surface area contributed by atoms with Crippen LogP contribution in [0.5, 0.6) is 11.5 Å². The minimum absolute atomic E-state index is 0. The van der Waals surface area contributed by atoms with Crippen molar-refractivity contribution >= 4 is 67.1 Å². The molecule has 0 aromatic heterocycles. The number of methoxy groups -OCH3 is 1. The van der Waals surface area contributed by atoms with Gasteiger partial charge in [-0.15, -0.1) is 5.11 Å². The van der Waals surface area contributed by atoms with Gasteiger partial charge in [0.1, 0.15) is 5.69 Å². The van der Waals surface area contributed by atoms with Gasteiger partial charge in [-0.1, -0.05) is 66.2 Å². The first-order valence-electron chi connectivity index (χ1n) is 11.1. The Labute approximate surface area is 256 Å². The summed E-state index contributed by atoms with van der Waals surface area (Å²) in [5, 5.41) is 25.4. The predicted octanol–water partition coefficient (Wildman–Crippen LogP) is 3.71. The Morgan fingerprint density at radius 2 is 1.77 bits per heavy atom. The largest absolute Gasteiger partial charge is 1.00 e. The molecule has 0 aliphatic carbocycles. The van der Waals surface area contributed by atoms with E-state index in [9.17, 15) is 22.9 Å². The molecule has 0 bridgehead atoms. The van der Waals surface area contributed by atoms with Gasteiger partial charge in [0.15, 0.2) is 5.75 Å². The topological polar surface area (TPSA) is 140 Å². The fraction of sp³-hybridized carbons (Fsp3) is 0.115. The summed E-state index contributed by atoms with van der Waals surface area (Å²) in [4.78, 5) is 12.8. The number of hydrogen-bond acceptors (Lipinski definition) is 7. The molecule has 0 saturated heterocycles. The number of aryl methyl sites for hydroxylation is 1. The van der Waals surface area contributed by atoms with Crippen LogP contribution in [-0.2, 0) is 16.5 Å². The summed E-state index contributed by atoms with van der Waals surface area (Å²) < 4.78 is 38.5. The molecule has 0 atom stereocenters. The number of benzene rings is 4. The number of para-hydroxylation sites is 1. The minimum atomic E-state index is -4.56. The van der Waals surface area contributed by atoms with Gasteiger partial charge >= 0.3 is 29.6 Å². The van der Waals surface area contributed by atoms with Crippen molar-refractivity contribution in [3.05, 3.63) is 81.8 Å². The van der Waals surface area contributed by atoms with Gasteiger partial charge in [-0.05, 0) is 47.7 Å². The van der Waals surface area contributed by atoms with Crippen molar-refractivity contribution in [3.8, 4) is 11.5 Å². The van der Waals surface area contributed by atoms with Gasteiger partial charge in [-0.3, -0.25) is 9.35 Å². The molecule has 196 valence electrons. The van der Waals surface area contributed by atoms with Crippen LogP contribution in [0.3, 0.4) is 0 Å². The fourth-order valence-electron chi connectivity index (χ4n) is 3.86. The van der Waals surface area contributed by atoms with Crippen molar-refractivity contribution in [2.75, 3.05) is 12.4 Å². The van der Waals surface area contributed by atoms with Crippen LogP contribution in [0.2, 0.25) is 10.0 Å². The van der Waals surface area contributed by atoms with Crippen LogP contribution in [0.4, 0.5) is 17.1 Å². The molecule has 0 fully saturated rings. The summed E-state index contributed by atoms with van der Waals surface area (Å²) in [6.45, 7) is 1.70. The molecule has 0 unspecified atom stereocenters. The number of fused-ring (bicyclic) bond motifs is 1. The Morgan fingerprint density at radius 3 is 2.44 bits per heavy atom. The zero-order valence-corrected chi connectivity index (χ0v) is 25.4. The molecule has 1 amide bonds. The van der Waals surface area contributed by atoms with Crippen molar-refractivity contribution in [1.29, 1.82) is 0 Å². The van der Waals surface area contributed by atoms with Crippen molar-refractivity contribution in [2.24, 2.45) is 10.2 Å². The van der Waals surface area contributed by atoms with E-state index in [-0.39, 0.29) is 79.3 Å². The van der Waals surface area contributed by atoms with Crippen LogP contribution in [-0.4, -0.2) is 26.0 Å². The smallest absolute Gasteiger partial charge is 0.870 e. The second-order valence-electron chi connectivity index (χ2n) is 8.04. The van der Waals surface area contributed by atoms with E-state index >= 15 is 0 Å². The number of halogens is 2. The maximum Gasteiger partial charge on any atom is 1.00 e. The van der Waals surface area contributed by atoms with Crippen molar-refractivity contribution in [2.45, 2.75) is 18.2 Å². The Balaban J connectivity index is 0.00000420. The van der Waals surface area contributed by atoms with Crippen molar-refractivity contribution in [3.63, 3.8) is 0 Å². The number of amides is 1. The first kappa shape index (κ1) is 30.8. The van der Waals surface area contributed by atoms with Gasteiger partial charge in [0.05, 0.1) is 33.4 Å². The van der Waals surface area contributed by atoms with Crippen LogP contribution in [0, 0.1) is 0 Å². The van der Waals surface area contributed by atoms with E-state index in [1.807, 2.05) is 0 Å². The molecule has 4 aromatic carbocycles. The molecular weight excluding hydrogens is 576 g/mol. The summed E-state index contributed by atoms with van der Waals surface area (Å²) in [5.74, 6) is -1.21. The number of hydrogen-bond donors (Lipinski definition) is 2. The fourth-order valence-corrected chi connectivity index (χ4v) is 5.13. The zero-order chi connectivity index (χ0) is 27.6. The number of ether oxygens (including phenoxy) is 1. The van der Waals surface area contributed by atoms with Crippen LogP contribution in [0.25, 0.3) is 10.8 Å². The normalized spacial score (nSPS) is 11.4. The molecule has 39 heavy (non-hydrogen) atoms. The predicted molar refractivity (Wildman–Crippen MR) is 144 cm³/mol. The molecule has 9 nitrogen and oxygen atoms in total. The number of anilines is 1. The van der Waals surface area contributed by atoms with Crippen LogP contribution >= 0.6 is 23.2 Å². The molecule has 0 radical (unpaired) electrons. The standard InChI is InChI=1S/C26H21Cl2N3O6S.Na/c1-3-14-12-19(28)21(13-22(14)38(34,35)36)30-31-23-16-8-5-4-7-15(16)11-17(24(23)32)26(33)29-20-10-6-9-18(27)25(20)37-2;/h4-13,32H,3H2,1-2H3,(H,29,33)(H,34,35,36);/q;+1/p-1. The van der Waals surface area contributed by atoms with E-state index in [4.69, 9.17) is 27.9 Å². The second kappa shape index (κ2) is 12.6. The van der Waals surface area contributed by atoms with Crippen LogP contribution < -0.4 is 44.7 Å². The Morgan fingerprint density at radius 1 is 1.05 bits per heavy atom. The third-order valence-corrected chi connectivity index (χ3v) is 7.22. The van der Waals surface area contributed by atoms with Gasteiger partial charge in [-0.2, -0.15) is 13.5 Å². The maximum absolute atomic E-state index is 13.4. The Bertz CT molecular complexity index is 1710. The molecule has 0 spiro atoms. The van der Waals surface area contributed by atoms with Gasteiger partial charge < -0.3 is 15.2 Å². The maximum atomic E-state index is 13.4. The molecular formula is C26H20Cl2N3NaO6S. The molecule has 0 aliphatic rings. The van der Waals surface area contributed by atoms with E-state index in [0.29, 0.717) is 16.3 Å². The van der Waals surface area contributed by atoms with Gasteiger partial charge in [0, 0.05) is 10.9 Å². The summed E-state index contributed by atoms with van der Waals surface area (Å²) in [5.41, 5.74) is 0.0994. The Kier molecular flexibility index (Phi) is 10.0. The number of carbonyl (C=O) groups is 1.